The van der Waals surface area contributed by atoms with Crippen molar-refractivity contribution in [2.45, 2.75) is 77.8 Å². The molecule has 6 N–H and O–H groups in total. The van der Waals surface area contributed by atoms with Crippen LogP contribution in [0.15, 0.2) is 48.5 Å². The number of aliphatic carboxylic acids is 1. The van der Waals surface area contributed by atoms with E-state index in [0.29, 0.717) is 24.2 Å². The number of primary amides is 1. The summed E-state index contributed by atoms with van der Waals surface area (Å²) in [5, 5.41) is 16.9. The number of anilines is 1. The Bertz CT molecular complexity index is 1650. The number of carboxylic acids is 1. The first kappa shape index (κ1) is 38.9. The Morgan fingerprint density at radius 3 is 2.24 bits per heavy atom. The highest BCUT2D eigenvalue weighted by atomic mass is 16.4. The van der Waals surface area contributed by atoms with Crippen molar-refractivity contribution in [1.29, 1.82) is 0 Å². The molecule has 50 heavy (non-hydrogen) atoms. The molecule has 1 heterocycles. The smallest absolute Gasteiger partial charge is 0.326 e. The summed E-state index contributed by atoms with van der Waals surface area (Å²) in [5.41, 5.74) is 8.11. The van der Waals surface area contributed by atoms with E-state index in [1.165, 1.54) is 0 Å². The summed E-state index contributed by atoms with van der Waals surface area (Å²) in [7, 11) is 0. The van der Waals surface area contributed by atoms with Crippen molar-refractivity contribution in [3.63, 3.8) is 0 Å². The van der Waals surface area contributed by atoms with Gasteiger partial charge in [0, 0.05) is 55.7 Å². The standard InChI is InChI=1S/C37H45N5O8/c1-3-24(2)30(35(47)41-31(36(48)49)12-8-20-39-37(38)50)21-29(44)22-40-33(45)18-16-28(43)17-19-34(46)42-23-27-11-5-4-9-25(27)14-15-26-10-6-7-13-32(26)42/h4-7,9-11,13,24,30-31H,3,8,12,16-23H2,1-2H3,(H,40,45)(H,41,47)(H,48,49)(H3,38,39,50)/t24?,30-,31-/m0/s1. The lowest BCUT2D eigenvalue weighted by Crippen LogP contribution is -2.46. The SMILES string of the molecule is CCC(C)[C@H](CC(=O)CNC(=O)CCC(=O)CCC(=O)N1Cc2ccccc2C#Cc2ccccc21)C(=O)N[C@@H](CCCNC(N)=O)C(=O)O. The summed E-state index contributed by atoms with van der Waals surface area (Å²) in [4.78, 5) is 88.5. The van der Waals surface area contributed by atoms with Crippen molar-refractivity contribution in [3.05, 3.63) is 65.2 Å². The van der Waals surface area contributed by atoms with Crippen LogP contribution in [0.4, 0.5) is 10.5 Å². The number of carboxylic acid groups (broad SMARTS) is 1. The fourth-order valence-corrected chi connectivity index (χ4v) is 5.46. The van der Waals surface area contributed by atoms with E-state index < -0.39 is 41.6 Å². The lowest BCUT2D eigenvalue weighted by Gasteiger charge is -2.26. The maximum atomic E-state index is 13.4. The first-order valence-electron chi connectivity index (χ1n) is 16.7. The van der Waals surface area contributed by atoms with Gasteiger partial charge in [-0.2, -0.15) is 0 Å². The quantitative estimate of drug-likeness (QED) is 0.109. The van der Waals surface area contributed by atoms with Crippen LogP contribution in [0.25, 0.3) is 0 Å². The number of hydrogen-bond donors (Lipinski definition) is 5. The Kier molecular flexibility index (Phi) is 15.2. The minimum Gasteiger partial charge on any atom is -0.480 e. The molecular weight excluding hydrogens is 642 g/mol. The monoisotopic (exact) mass is 687 g/mol. The molecule has 0 fully saturated rings. The highest BCUT2D eigenvalue weighted by Crippen LogP contribution is 2.26. The number of nitrogens with one attached hydrogen (secondary N) is 3. The van der Waals surface area contributed by atoms with Crippen LogP contribution in [0.2, 0.25) is 0 Å². The molecule has 13 heteroatoms. The van der Waals surface area contributed by atoms with E-state index in [1.54, 1.807) is 11.8 Å². The molecule has 0 saturated heterocycles. The number of fused-ring (bicyclic) bond motifs is 2. The van der Waals surface area contributed by atoms with E-state index in [4.69, 9.17) is 5.73 Å². The number of nitrogens with zero attached hydrogens (tertiary/aromatic N) is 1. The molecule has 0 radical (unpaired) electrons. The summed E-state index contributed by atoms with van der Waals surface area (Å²) in [6.07, 6.45) is 0.257. The maximum absolute atomic E-state index is 13.4. The van der Waals surface area contributed by atoms with E-state index in [2.05, 4.69) is 27.8 Å². The van der Waals surface area contributed by atoms with E-state index in [-0.39, 0.29) is 75.6 Å². The molecule has 266 valence electrons. The van der Waals surface area contributed by atoms with Crippen molar-refractivity contribution < 1.29 is 38.7 Å². The normalized spacial score (nSPS) is 13.4. The zero-order valence-corrected chi connectivity index (χ0v) is 28.5. The van der Waals surface area contributed by atoms with Gasteiger partial charge in [-0.1, -0.05) is 62.4 Å². The molecular formula is C37H45N5O8. The number of carbonyl (C=O) groups is 7. The molecule has 5 amide bonds. The van der Waals surface area contributed by atoms with Crippen molar-refractivity contribution in [2.24, 2.45) is 17.6 Å². The van der Waals surface area contributed by atoms with Crippen LogP contribution in [-0.4, -0.2) is 65.5 Å². The molecule has 0 saturated carbocycles. The van der Waals surface area contributed by atoms with Gasteiger partial charge in [0.2, 0.25) is 17.7 Å². The predicted octanol–water partition coefficient (Wildman–Crippen LogP) is 2.82. The van der Waals surface area contributed by atoms with Crippen molar-refractivity contribution in [3.8, 4) is 11.8 Å². The Balaban J connectivity index is 1.46. The topological polar surface area (TPSA) is 205 Å². The van der Waals surface area contributed by atoms with Crippen molar-refractivity contribution in [1.82, 2.24) is 16.0 Å². The molecule has 3 atom stereocenters. The van der Waals surface area contributed by atoms with Gasteiger partial charge in [-0.3, -0.25) is 24.0 Å². The third kappa shape index (κ3) is 12.2. The largest absolute Gasteiger partial charge is 0.480 e. The molecule has 1 aliphatic rings. The highest BCUT2D eigenvalue weighted by molar-refractivity contribution is 5.97. The van der Waals surface area contributed by atoms with Crippen LogP contribution in [0.5, 0.6) is 0 Å². The zero-order valence-electron chi connectivity index (χ0n) is 28.5. The third-order valence-electron chi connectivity index (χ3n) is 8.60. The van der Waals surface area contributed by atoms with Crippen molar-refractivity contribution >= 4 is 47.0 Å². The van der Waals surface area contributed by atoms with Crippen LogP contribution in [0, 0.1) is 23.7 Å². The first-order chi connectivity index (χ1) is 23.9. The summed E-state index contributed by atoms with van der Waals surface area (Å²) >= 11 is 0. The summed E-state index contributed by atoms with van der Waals surface area (Å²) in [6.45, 7) is 3.71. The second-order valence-electron chi connectivity index (χ2n) is 12.3. The summed E-state index contributed by atoms with van der Waals surface area (Å²) in [6, 6.07) is 13.0. The number of para-hydroxylation sites is 1. The second kappa shape index (κ2) is 19.5. The zero-order chi connectivity index (χ0) is 36.6. The number of carbonyl (C=O) groups excluding carboxylic acids is 6. The van der Waals surface area contributed by atoms with Gasteiger partial charge < -0.3 is 31.7 Å². The molecule has 0 aliphatic carbocycles. The Morgan fingerprint density at radius 2 is 1.54 bits per heavy atom. The lowest BCUT2D eigenvalue weighted by atomic mass is 9.86. The fraction of sp³-hybridized carbons (Fsp3) is 0.432. The lowest BCUT2D eigenvalue weighted by molar-refractivity contribution is -0.143. The first-order valence-corrected chi connectivity index (χ1v) is 16.7. The Morgan fingerprint density at radius 1 is 0.880 bits per heavy atom. The van der Waals surface area contributed by atoms with Crippen LogP contribution in [-0.2, 0) is 35.3 Å². The number of nitrogens with two attached hydrogens (primary N) is 1. The third-order valence-corrected chi connectivity index (χ3v) is 8.60. The summed E-state index contributed by atoms with van der Waals surface area (Å²) in [5.74, 6) is 1.93. The van der Waals surface area contributed by atoms with Crippen LogP contribution < -0.4 is 26.6 Å². The predicted molar refractivity (Wildman–Crippen MR) is 185 cm³/mol. The number of Topliss-reactive ketones (excluding diaryl/α,β-unsaturated/α-hetero) is 2. The molecule has 1 aliphatic heterocycles. The minimum absolute atomic E-state index is 0.0431. The van der Waals surface area contributed by atoms with Crippen LogP contribution >= 0.6 is 0 Å². The van der Waals surface area contributed by atoms with Crippen LogP contribution in [0.1, 0.15) is 81.9 Å². The number of rotatable bonds is 19. The van der Waals surface area contributed by atoms with Gasteiger partial charge in [0.1, 0.15) is 11.8 Å². The van der Waals surface area contributed by atoms with E-state index >= 15 is 0 Å². The van der Waals surface area contributed by atoms with E-state index in [0.717, 1.165) is 11.1 Å². The molecule has 3 rings (SSSR count). The van der Waals surface area contributed by atoms with Gasteiger partial charge in [-0.15, -0.1) is 0 Å². The average molecular weight is 688 g/mol. The number of amides is 5. The molecule has 13 nitrogen and oxygen atoms in total. The molecule has 0 bridgehead atoms. The number of hydrogen-bond acceptors (Lipinski definition) is 7. The second-order valence-corrected chi connectivity index (χ2v) is 12.3. The Hall–Kier alpha value is -5.51. The molecule has 2 aromatic carbocycles. The minimum atomic E-state index is -1.25. The van der Waals surface area contributed by atoms with Crippen LogP contribution in [0.3, 0.4) is 0 Å². The van der Waals surface area contributed by atoms with E-state index in [9.17, 15) is 38.7 Å². The molecule has 1 unspecified atom stereocenters. The van der Waals surface area contributed by atoms with Crippen molar-refractivity contribution in [2.75, 3.05) is 18.0 Å². The number of urea groups is 1. The number of ketones is 2. The fourth-order valence-electron chi connectivity index (χ4n) is 5.46. The molecule has 0 spiro atoms. The van der Waals surface area contributed by atoms with Gasteiger partial charge in [-0.25, -0.2) is 9.59 Å². The number of benzene rings is 2. The maximum Gasteiger partial charge on any atom is 0.326 e. The van der Waals surface area contributed by atoms with Gasteiger partial charge >= 0.3 is 12.0 Å². The highest BCUT2D eigenvalue weighted by Gasteiger charge is 2.30. The van der Waals surface area contributed by atoms with Gasteiger partial charge in [-0.05, 0) is 42.5 Å². The molecule has 2 aromatic rings. The molecule has 0 aromatic heterocycles. The summed E-state index contributed by atoms with van der Waals surface area (Å²) < 4.78 is 0. The Labute approximate surface area is 291 Å². The van der Waals surface area contributed by atoms with Gasteiger partial charge in [0.25, 0.3) is 0 Å². The van der Waals surface area contributed by atoms with Gasteiger partial charge in [0.05, 0.1) is 18.8 Å². The van der Waals surface area contributed by atoms with E-state index in [1.807, 2.05) is 55.5 Å². The van der Waals surface area contributed by atoms with Gasteiger partial charge in [0.15, 0.2) is 5.78 Å². The average Bonchev–Trinajstić information content (AvgIpc) is 3.09.